The topological polar surface area (TPSA) is 61.8 Å². The number of fused-ring (bicyclic) bond motifs is 3. The minimum absolute atomic E-state index is 0.0496. The summed E-state index contributed by atoms with van der Waals surface area (Å²) in [5.74, 6) is 1.83. The predicted molar refractivity (Wildman–Crippen MR) is 111 cm³/mol. The molecule has 4 rings (SSSR count). The van der Waals surface area contributed by atoms with Crippen molar-refractivity contribution in [1.82, 2.24) is 9.55 Å². The van der Waals surface area contributed by atoms with Crippen LogP contribution in [0.3, 0.4) is 0 Å². The van der Waals surface area contributed by atoms with Crippen LogP contribution in [-0.2, 0) is 18.9 Å². The maximum Gasteiger partial charge on any atom is 0.140 e. The van der Waals surface area contributed by atoms with E-state index >= 15 is 0 Å². The zero-order valence-electron chi connectivity index (χ0n) is 17.4. The zero-order chi connectivity index (χ0) is 20.2. The Morgan fingerprint density at radius 2 is 1.96 bits per heavy atom. The molecular weight excluding hydrogens is 346 g/mol. The van der Waals surface area contributed by atoms with Crippen LogP contribution in [-0.4, -0.2) is 20.8 Å². The fourth-order valence-corrected chi connectivity index (χ4v) is 5.29. The molecule has 0 saturated carbocycles. The van der Waals surface area contributed by atoms with Gasteiger partial charge in [-0.2, -0.15) is 5.26 Å². The van der Waals surface area contributed by atoms with E-state index in [1.807, 2.05) is 6.08 Å². The number of nitriles is 1. The first kappa shape index (κ1) is 19.0. The molecular formula is C24H29N3O. The van der Waals surface area contributed by atoms with Crippen LogP contribution in [0.15, 0.2) is 35.9 Å². The van der Waals surface area contributed by atoms with E-state index in [-0.39, 0.29) is 17.3 Å². The van der Waals surface area contributed by atoms with Crippen molar-refractivity contribution in [3.05, 3.63) is 52.9 Å². The first-order valence-corrected chi connectivity index (χ1v) is 10.2. The van der Waals surface area contributed by atoms with E-state index in [9.17, 15) is 10.4 Å². The first-order chi connectivity index (χ1) is 13.3. The number of aromatic nitrogens is 2. The molecule has 0 bridgehead atoms. The number of hydrogen-bond acceptors (Lipinski definition) is 3. The van der Waals surface area contributed by atoms with Crippen molar-refractivity contribution in [2.45, 2.75) is 58.0 Å². The SMILES string of the molecule is CC(C)c1ccc(-c2nc3c(n2C)CC[C@@H]2[C@@H](C)C(O)C(C#N)=C[C@@]32C)cc1. The lowest BCUT2D eigenvalue weighted by molar-refractivity contribution is 0.0667. The Morgan fingerprint density at radius 1 is 1.29 bits per heavy atom. The number of hydrogen-bond donors (Lipinski definition) is 1. The van der Waals surface area contributed by atoms with Crippen LogP contribution in [0.1, 0.15) is 57.0 Å². The summed E-state index contributed by atoms with van der Waals surface area (Å²) in [5, 5.41) is 20.1. The molecule has 0 aliphatic heterocycles. The van der Waals surface area contributed by atoms with Crippen molar-refractivity contribution in [1.29, 1.82) is 5.26 Å². The van der Waals surface area contributed by atoms with Gasteiger partial charge in [0.05, 0.1) is 23.4 Å². The van der Waals surface area contributed by atoms with E-state index in [2.05, 4.69) is 69.6 Å². The van der Waals surface area contributed by atoms with Gasteiger partial charge in [0, 0.05) is 23.7 Å². The lowest BCUT2D eigenvalue weighted by Gasteiger charge is -2.46. The van der Waals surface area contributed by atoms with E-state index < -0.39 is 6.10 Å². The van der Waals surface area contributed by atoms with Gasteiger partial charge in [0.25, 0.3) is 0 Å². The zero-order valence-corrected chi connectivity index (χ0v) is 17.4. The third kappa shape index (κ3) is 2.64. The fraction of sp³-hybridized carbons (Fsp3) is 0.500. The number of aliphatic hydroxyl groups excluding tert-OH is 1. The lowest BCUT2D eigenvalue weighted by Crippen LogP contribution is -2.47. The van der Waals surface area contributed by atoms with Crippen LogP contribution in [0.5, 0.6) is 0 Å². The van der Waals surface area contributed by atoms with Gasteiger partial charge in [0.1, 0.15) is 5.82 Å². The van der Waals surface area contributed by atoms with Crippen LogP contribution in [0.2, 0.25) is 0 Å². The van der Waals surface area contributed by atoms with E-state index in [1.54, 1.807) is 0 Å². The highest BCUT2D eigenvalue weighted by Gasteiger charge is 2.49. The number of allylic oxidation sites excluding steroid dienone is 1. The molecule has 2 aromatic rings. The Kier molecular flexibility index (Phi) is 4.47. The van der Waals surface area contributed by atoms with Gasteiger partial charge in [0.2, 0.25) is 0 Å². The van der Waals surface area contributed by atoms with E-state index in [0.717, 1.165) is 29.9 Å². The molecule has 0 spiro atoms. The van der Waals surface area contributed by atoms with Crippen molar-refractivity contribution in [3.63, 3.8) is 0 Å². The van der Waals surface area contributed by atoms with Gasteiger partial charge in [-0.15, -0.1) is 0 Å². The molecule has 4 heteroatoms. The lowest BCUT2D eigenvalue weighted by atomic mass is 9.58. The minimum Gasteiger partial charge on any atom is -0.387 e. The van der Waals surface area contributed by atoms with Crippen LogP contribution in [0.4, 0.5) is 0 Å². The molecule has 0 fully saturated rings. The van der Waals surface area contributed by atoms with Crippen LogP contribution < -0.4 is 0 Å². The molecule has 28 heavy (non-hydrogen) atoms. The standard InChI is InChI=1S/C24H29N3O/c1-14(2)16-6-8-17(9-7-16)23-26-22-20(27(23)5)11-10-19-15(3)21(28)18(13-25)12-24(19,22)4/h6-9,12,14-15,19,21,28H,10-11H2,1-5H3/t15-,19-,21?,24-/m1/s1. The summed E-state index contributed by atoms with van der Waals surface area (Å²) in [6.07, 6.45) is 3.27. The third-order valence-electron chi connectivity index (χ3n) is 7.06. The highest BCUT2D eigenvalue weighted by Crippen LogP contribution is 2.51. The Morgan fingerprint density at radius 3 is 2.57 bits per heavy atom. The van der Waals surface area contributed by atoms with Gasteiger partial charge in [-0.1, -0.05) is 58.0 Å². The summed E-state index contributed by atoms with van der Waals surface area (Å²) in [4.78, 5) is 5.11. The number of rotatable bonds is 2. The molecule has 0 saturated heterocycles. The molecule has 1 N–H and O–H groups in total. The Hall–Kier alpha value is -2.38. The van der Waals surface area contributed by atoms with Crippen molar-refractivity contribution in [3.8, 4) is 17.5 Å². The molecule has 0 amide bonds. The Labute approximate surface area is 167 Å². The largest absolute Gasteiger partial charge is 0.387 e. The molecule has 0 radical (unpaired) electrons. The Bertz CT molecular complexity index is 977. The highest BCUT2D eigenvalue weighted by molar-refractivity contribution is 5.59. The quantitative estimate of drug-likeness (QED) is 0.841. The molecule has 1 heterocycles. The summed E-state index contributed by atoms with van der Waals surface area (Å²) < 4.78 is 2.22. The van der Waals surface area contributed by atoms with Crippen molar-refractivity contribution in [2.75, 3.05) is 0 Å². The maximum atomic E-state index is 10.5. The van der Waals surface area contributed by atoms with Gasteiger partial charge >= 0.3 is 0 Å². The van der Waals surface area contributed by atoms with Crippen LogP contribution in [0, 0.1) is 23.2 Å². The van der Waals surface area contributed by atoms with Crippen LogP contribution >= 0.6 is 0 Å². The smallest absolute Gasteiger partial charge is 0.140 e. The number of nitrogens with zero attached hydrogens (tertiary/aromatic N) is 3. The molecule has 146 valence electrons. The minimum atomic E-state index is -0.670. The van der Waals surface area contributed by atoms with Gasteiger partial charge in [-0.05, 0) is 36.2 Å². The second-order valence-corrected chi connectivity index (χ2v) is 9.01. The molecule has 1 aromatic heterocycles. The first-order valence-electron chi connectivity index (χ1n) is 10.2. The molecule has 1 unspecified atom stereocenters. The monoisotopic (exact) mass is 375 g/mol. The second kappa shape index (κ2) is 6.60. The maximum absolute atomic E-state index is 10.5. The molecule has 4 atom stereocenters. The van der Waals surface area contributed by atoms with Crippen LogP contribution in [0.25, 0.3) is 11.4 Å². The third-order valence-corrected chi connectivity index (χ3v) is 7.06. The average Bonchev–Trinajstić information content (AvgIpc) is 3.03. The van der Waals surface area contributed by atoms with Gasteiger partial charge in [-0.25, -0.2) is 4.98 Å². The highest BCUT2D eigenvalue weighted by atomic mass is 16.3. The van der Waals surface area contributed by atoms with Crippen molar-refractivity contribution >= 4 is 0 Å². The molecule has 2 aliphatic carbocycles. The summed E-state index contributed by atoms with van der Waals surface area (Å²) >= 11 is 0. The molecule has 1 aromatic carbocycles. The number of imidazole rings is 1. The second-order valence-electron chi connectivity index (χ2n) is 9.01. The van der Waals surface area contributed by atoms with Gasteiger partial charge in [-0.3, -0.25) is 0 Å². The number of aliphatic hydroxyl groups is 1. The Balaban J connectivity index is 1.84. The van der Waals surface area contributed by atoms with E-state index in [0.29, 0.717) is 11.5 Å². The van der Waals surface area contributed by atoms with Crippen molar-refractivity contribution in [2.24, 2.45) is 18.9 Å². The molecule has 4 nitrogen and oxygen atoms in total. The summed E-state index contributed by atoms with van der Waals surface area (Å²) in [6, 6.07) is 10.9. The summed E-state index contributed by atoms with van der Waals surface area (Å²) in [7, 11) is 2.09. The number of benzene rings is 1. The van der Waals surface area contributed by atoms with E-state index in [4.69, 9.17) is 4.98 Å². The normalized spacial score (nSPS) is 29.1. The predicted octanol–water partition coefficient (Wildman–Crippen LogP) is 4.49. The summed E-state index contributed by atoms with van der Waals surface area (Å²) in [5.41, 5.74) is 4.93. The summed E-state index contributed by atoms with van der Waals surface area (Å²) in [6.45, 7) is 8.66. The van der Waals surface area contributed by atoms with Crippen molar-refractivity contribution < 1.29 is 5.11 Å². The fourth-order valence-electron chi connectivity index (χ4n) is 5.29. The van der Waals surface area contributed by atoms with E-state index in [1.165, 1.54) is 11.3 Å². The molecule has 2 aliphatic rings. The average molecular weight is 376 g/mol. The van der Waals surface area contributed by atoms with Gasteiger partial charge in [0.15, 0.2) is 0 Å². The van der Waals surface area contributed by atoms with Gasteiger partial charge < -0.3 is 9.67 Å².